The van der Waals surface area contributed by atoms with Crippen molar-refractivity contribution < 1.29 is 13.6 Å². The van der Waals surface area contributed by atoms with Crippen molar-refractivity contribution in [1.82, 2.24) is 20.4 Å². The first-order valence-electron chi connectivity index (χ1n) is 7.64. The summed E-state index contributed by atoms with van der Waals surface area (Å²) in [4.78, 5) is 25.1. The molecule has 27 heavy (non-hydrogen) atoms. The van der Waals surface area contributed by atoms with Crippen molar-refractivity contribution in [3.63, 3.8) is 0 Å². The summed E-state index contributed by atoms with van der Waals surface area (Å²) >= 11 is 3.34. The lowest BCUT2D eigenvalue weighted by atomic mass is 10.2. The maximum Gasteiger partial charge on any atom is 0.320 e. The van der Waals surface area contributed by atoms with Crippen molar-refractivity contribution in [3.05, 3.63) is 85.7 Å². The summed E-state index contributed by atoms with van der Waals surface area (Å²) in [6, 6.07) is 10.1. The van der Waals surface area contributed by atoms with Crippen LogP contribution in [0.1, 0.15) is 21.6 Å². The van der Waals surface area contributed by atoms with Gasteiger partial charge in [0.2, 0.25) is 5.69 Å². The highest BCUT2D eigenvalue weighted by Crippen LogP contribution is 2.13. The Morgan fingerprint density at radius 3 is 2.85 bits per heavy atom. The molecule has 3 rings (SSSR count). The molecule has 0 radical (unpaired) electrons. The lowest BCUT2D eigenvalue weighted by Gasteiger charge is -2.04. The van der Waals surface area contributed by atoms with E-state index in [9.17, 15) is 18.4 Å². The molecular weight excluding hydrogens is 424 g/mol. The summed E-state index contributed by atoms with van der Waals surface area (Å²) in [5.41, 5.74) is -0.565. The zero-order valence-corrected chi connectivity index (χ0v) is 15.2. The van der Waals surface area contributed by atoms with Crippen LogP contribution in [0.4, 0.5) is 8.78 Å². The molecule has 138 valence electrons. The molecule has 2 aromatic carbocycles. The molecule has 0 aliphatic carbocycles. The average molecular weight is 436 g/mol. The van der Waals surface area contributed by atoms with Crippen molar-refractivity contribution in [2.24, 2.45) is 5.10 Å². The SMILES string of the molecule is O=C(NCc1cc(F)ccc1F)c1n[nH]n(N=Cc2ccccc2Br)c1=O. The Bertz CT molecular complexity index is 1080. The summed E-state index contributed by atoms with van der Waals surface area (Å²) in [6.45, 7) is -0.297. The van der Waals surface area contributed by atoms with Crippen LogP contribution < -0.4 is 10.9 Å². The molecule has 1 aromatic heterocycles. The molecule has 10 heteroatoms. The van der Waals surface area contributed by atoms with Crippen molar-refractivity contribution in [1.29, 1.82) is 0 Å². The predicted octanol–water partition coefficient (Wildman–Crippen LogP) is 2.42. The van der Waals surface area contributed by atoms with Gasteiger partial charge in [-0.3, -0.25) is 9.59 Å². The zero-order chi connectivity index (χ0) is 19.4. The molecule has 0 aliphatic heterocycles. The molecule has 0 spiro atoms. The number of benzene rings is 2. The lowest BCUT2D eigenvalue weighted by molar-refractivity contribution is 0.0944. The number of carbonyl (C=O) groups is 1. The molecule has 0 fully saturated rings. The van der Waals surface area contributed by atoms with E-state index in [4.69, 9.17) is 0 Å². The number of nitrogens with one attached hydrogen (secondary N) is 2. The zero-order valence-electron chi connectivity index (χ0n) is 13.6. The second-order valence-corrected chi connectivity index (χ2v) is 6.22. The van der Waals surface area contributed by atoms with Crippen LogP contribution in [0.25, 0.3) is 0 Å². The molecule has 0 saturated carbocycles. The van der Waals surface area contributed by atoms with Gasteiger partial charge in [-0.05, 0) is 24.3 Å². The Balaban J connectivity index is 1.73. The van der Waals surface area contributed by atoms with Gasteiger partial charge < -0.3 is 5.32 Å². The molecule has 7 nitrogen and oxygen atoms in total. The van der Waals surface area contributed by atoms with Crippen LogP contribution in [0, 0.1) is 11.6 Å². The molecule has 0 saturated heterocycles. The number of halogens is 3. The molecule has 0 unspecified atom stereocenters. The minimum atomic E-state index is -0.838. The largest absolute Gasteiger partial charge is 0.346 e. The summed E-state index contributed by atoms with van der Waals surface area (Å²) in [6.07, 6.45) is 1.41. The molecule has 1 heterocycles. The van der Waals surface area contributed by atoms with Gasteiger partial charge in [0.25, 0.3) is 5.91 Å². The molecule has 3 aromatic rings. The number of hydrogen-bond acceptors (Lipinski definition) is 4. The first kappa shape index (κ1) is 18.6. The Morgan fingerprint density at radius 2 is 2.07 bits per heavy atom. The monoisotopic (exact) mass is 435 g/mol. The molecule has 0 aliphatic rings. The minimum Gasteiger partial charge on any atom is -0.346 e. The Hall–Kier alpha value is -3.14. The van der Waals surface area contributed by atoms with E-state index in [1.165, 1.54) is 6.21 Å². The topological polar surface area (TPSA) is 92.1 Å². The van der Waals surface area contributed by atoms with Crippen LogP contribution in [0.15, 0.2) is 56.8 Å². The van der Waals surface area contributed by atoms with E-state index >= 15 is 0 Å². The van der Waals surface area contributed by atoms with Crippen LogP contribution in [0.2, 0.25) is 0 Å². The van der Waals surface area contributed by atoms with Gasteiger partial charge in [-0.1, -0.05) is 34.1 Å². The molecule has 0 bridgehead atoms. The predicted molar refractivity (Wildman–Crippen MR) is 97.5 cm³/mol. The second kappa shape index (κ2) is 8.04. The smallest absolute Gasteiger partial charge is 0.320 e. The van der Waals surface area contributed by atoms with Gasteiger partial charge in [0.15, 0.2) is 0 Å². The number of hydrogen-bond donors (Lipinski definition) is 2. The number of carbonyl (C=O) groups excluding carboxylic acids is 1. The molecular formula is C17H12BrF2N5O2. The Labute approximate surface area is 159 Å². The van der Waals surface area contributed by atoms with E-state index in [0.717, 1.165) is 27.5 Å². The minimum absolute atomic E-state index is 0.0499. The van der Waals surface area contributed by atoms with Crippen molar-refractivity contribution in [3.8, 4) is 0 Å². The highest BCUT2D eigenvalue weighted by molar-refractivity contribution is 9.10. The standard InChI is InChI=1S/C17H12BrF2N5O2/c18-13-4-2-1-3-10(13)9-22-25-17(27)15(23-24-25)16(26)21-8-11-7-12(19)5-6-14(11)20/h1-7,9,24H,8H2,(H,21,26). The number of aromatic amines is 1. The fraction of sp³-hybridized carbons (Fsp3) is 0.0588. The van der Waals surface area contributed by atoms with Gasteiger partial charge in [0, 0.05) is 22.1 Å². The van der Waals surface area contributed by atoms with E-state index in [1.807, 2.05) is 12.1 Å². The van der Waals surface area contributed by atoms with Gasteiger partial charge in [-0.15, -0.1) is 9.89 Å². The summed E-state index contributed by atoms with van der Waals surface area (Å²) in [5, 5.41) is 12.2. The van der Waals surface area contributed by atoms with Gasteiger partial charge in [-0.2, -0.15) is 10.3 Å². The van der Waals surface area contributed by atoms with Crippen molar-refractivity contribution in [2.75, 3.05) is 0 Å². The number of H-pyrrole nitrogens is 1. The van der Waals surface area contributed by atoms with Crippen LogP contribution >= 0.6 is 15.9 Å². The van der Waals surface area contributed by atoms with E-state index in [-0.39, 0.29) is 12.1 Å². The second-order valence-electron chi connectivity index (χ2n) is 5.36. The average Bonchev–Trinajstić information content (AvgIpc) is 3.02. The summed E-state index contributed by atoms with van der Waals surface area (Å²) in [5.74, 6) is -2.15. The first-order valence-corrected chi connectivity index (χ1v) is 8.43. The fourth-order valence-corrected chi connectivity index (χ4v) is 2.54. The third kappa shape index (κ3) is 4.34. The van der Waals surface area contributed by atoms with Crippen LogP contribution in [-0.4, -0.2) is 27.2 Å². The molecule has 2 N–H and O–H groups in total. The van der Waals surface area contributed by atoms with Gasteiger partial charge in [-0.25, -0.2) is 8.78 Å². The van der Waals surface area contributed by atoms with Crippen LogP contribution in [0.5, 0.6) is 0 Å². The van der Waals surface area contributed by atoms with Gasteiger partial charge in [0.05, 0.1) is 6.21 Å². The fourth-order valence-electron chi connectivity index (χ4n) is 2.15. The van der Waals surface area contributed by atoms with E-state index in [1.54, 1.807) is 12.1 Å². The number of nitrogens with zero attached hydrogens (tertiary/aromatic N) is 3. The number of aromatic nitrogens is 3. The highest BCUT2D eigenvalue weighted by atomic mass is 79.9. The van der Waals surface area contributed by atoms with Gasteiger partial charge >= 0.3 is 5.56 Å². The number of amides is 1. The van der Waals surface area contributed by atoms with Gasteiger partial charge in [0.1, 0.15) is 11.6 Å². The Kier molecular flexibility index (Phi) is 5.55. The normalized spacial score (nSPS) is 11.1. The van der Waals surface area contributed by atoms with Crippen molar-refractivity contribution in [2.45, 2.75) is 6.54 Å². The molecule has 0 atom stereocenters. The maximum atomic E-state index is 13.6. The summed E-state index contributed by atoms with van der Waals surface area (Å²) < 4.78 is 27.5. The van der Waals surface area contributed by atoms with Crippen molar-refractivity contribution >= 4 is 28.1 Å². The third-order valence-corrected chi connectivity index (χ3v) is 4.25. The maximum absolute atomic E-state index is 13.6. The van der Waals surface area contributed by atoms with E-state index < -0.39 is 28.8 Å². The van der Waals surface area contributed by atoms with Crippen LogP contribution in [0.3, 0.4) is 0 Å². The third-order valence-electron chi connectivity index (χ3n) is 3.53. The van der Waals surface area contributed by atoms with E-state index in [0.29, 0.717) is 5.56 Å². The van der Waals surface area contributed by atoms with E-state index in [2.05, 4.69) is 36.7 Å². The van der Waals surface area contributed by atoms with Crippen LogP contribution in [-0.2, 0) is 6.54 Å². The quantitative estimate of drug-likeness (QED) is 0.602. The highest BCUT2D eigenvalue weighted by Gasteiger charge is 2.17. The number of rotatable bonds is 5. The Morgan fingerprint density at radius 1 is 1.30 bits per heavy atom. The molecule has 1 amide bonds. The first-order chi connectivity index (χ1) is 13.0. The lowest BCUT2D eigenvalue weighted by Crippen LogP contribution is -2.29. The summed E-state index contributed by atoms with van der Waals surface area (Å²) in [7, 11) is 0.